The van der Waals surface area contributed by atoms with E-state index in [0.29, 0.717) is 24.3 Å². The predicted octanol–water partition coefficient (Wildman–Crippen LogP) is 3.73. The van der Waals surface area contributed by atoms with Gasteiger partial charge in [-0.1, -0.05) is 0 Å². The first-order valence-electron chi connectivity index (χ1n) is 6.47. The van der Waals surface area contributed by atoms with Gasteiger partial charge in [0.1, 0.15) is 0 Å². The molecule has 0 bridgehead atoms. The summed E-state index contributed by atoms with van der Waals surface area (Å²) < 4.78 is 122. The Kier molecular flexibility index (Phi) is 4.38. The van der Waals surface area contributed by atoms with Crippen molar-refractivity contribution in [3.05, 3.63) is 34.4 Å². The van der Waals surface area contributed by atoms with Gasteiger partial charge in [0.25, 0.3) is 5.69 Å². The van der Waals surface area contributed by atoms with Crippen LogP contribution in [0.3, 0.4) is 0 Å². The van der Waals surface area contributed by atoms with Crippen LogP contribution in [0.1, 0.15) is 0 Å². The van der Waals surface area contributed by atoms with Crippen LogP contribution < -0.4 is 5.32 Å². The molecule has 0 spiro atoms. The molecule has 1 amide bonds. The molecule has 1 N–H and O–H groups in total. The minimum Gasteiger partial charge on any atom is -0.321 e. The minimum atomic E-state index is -6.79. The van der Waals surface area contributed by atoms with Crippen molar-refractivity contribution >= 4 is 17.3 Å². The first-order chi connectivity index (χ1) is 12.0. The summed E-state index contributed by atoms with van der Waals surface area (Å²) in [5.41, 5.74) is -1.33. The van der Waals surface area contributed by atoms with Crippen LogP contribution in [0.15, 0.2) is 24.3 Å². The molecule has 0 aliphatic carbocycles. The van der Waals surface area contributed by atoms with Crippen LogP contribution in [0.25, 0.3) is 0 Å². The van der Waals surface area contributed by atoms with Crippen molar-refractivity contribution in [3.8, 4) is 0 Å². The van der Waals surface area contributed by atoms with Crippen LogP contribution in [0, 0.1) is 10.1 Å². The molecular formula is C12H5F9N2O4. The summed E-state index contributed by atoms with van der Waals surface area (Å²) >= 11 is 0. The number of halogens is 9. The zero-order chi connectivity index (χ0) is 21.1. The number of benzene rings is 1. The summed E-state index contributed by atoms with van der Waals surface area (Å²) in [5, 5.41) is 11.5. The zero-order valence-corrected chi connectivity index (χ0v) is 12.3. The molecule has 1 unspecified atom stereocenters. The molecule has 0 aromatic heterocycles. The van der Waals surface area contributed by atoms with E-state index in [9.17, 15) is 54.4 Å². The third kappa shape index (κ3) is 2.67. The Hall–Kier alpha value is -2.58. The van der Waals surface area contributed by atoms with E-state index >= 15 is 0 Å². The average Bonchev–Trinajstić information content (AvgIpc) is 2.63. The van der Waals surface area contributed by atoms with Gasteiger partial charge in [-0.15, -0.1) is 0 Å². The monoisotopic (exact) mass is 412 g/mol. The molecule has 1 aliphatic heterocycles. The summed E-state index contributed by atoms with van der Waals surface area (Å²) in [6.07, 6.45) is -6.34. The van der Waals surface area contributed by atoms with Crippen molar-refractivity contribution in [2.24, 2.45) is 0 Å². The predicted molar refractivity (Wildman–Crippen MR) is 66.4 cm³/mol. The molecule has 1 aliphatic rings. The molecular weight excluding hydrogens is 407 g/mol. The van der Waals surface area contributed by atoms with Crippen molar-refractivity contribution in [2.45, 2.75) is 29.7 Å². The van der Waals surface area contributed by atoms with E-state index < -0.39 is 51.9 Å². The zero-order valence-electron chi connectivity index (χ0n) is 12.3. The molecule has 1 heterocycles. The highest BCUT2D eigenvalue weighted by atomic mass is 19.4. The van der Waals surface area contributed by atoms with Crippen LogP contribution >= 0.6 is 0 Å². The number of ether oxygens (including phenoxy) is 1. The van der Waals surface area contributed by atoms with Crippen molar-refractivity contribution in [3.63, 3.8) is 0 Å². The number of nitrogens with one attached hydrogen (secondary N) is 1. The summed E-state index contributed by atoms with van der Waals surface area (Å²) in [7, 11) is 0. The fourth-order valence-corrected chi connectivity index (χ4v) is 1.97. The summed E-state index contributed by atoms with van der Waals surface area (Å²) in [6.45, 7) is 0. The number of hydrogen-bond acceptors (Lipinski definition) is 4. The van der Waals surface area contributed by atoms with Gasteiger partial charge in [-0.25, -0.2) is 0 Å². The number of non-ortho nitro benzene ring substituents is 1. The highest BCUT2D eigenvalue weighted by molar-refractivity contribution is 5.97. The van der Waals surface area contributed by atoms with Gasteiger partial charge >= 0.3 is 35.6 Å². The number of nitro benzene ring substituents is 1. The van der Waals surface area contributed by atoms with E-state index in [4.69, 9.17) is 0 Å². The number of carbonyl (C=O) groups is 1. The fraction of sp³-hybridized carbons (Fsp3) is 0.417. The topological polar surface area (TPSA) is 81.5 Å². The van der Waals surface area contributed by atoms with Gasteiger partial charge in [0.05, 0.1) is 4.92 Å². The third-order valence-electron chi connectivity index (χ3n) is 3.46. The van der Waals surface area contributed by atoms with Crippen molar-refractivity contribution < 1.29 is 54.0 Å². The van der Waals surface area contributed by atoms with Crippen LogP contribution in [-0.2, 0) is 9.53 Å². The van der Waals surface area contributed by atoms with E-state index in [2.05, 4.69) is 4.74 Å². The van der Waals surface area contributed by atoms with Gasteiger partial charge < -0.3 is 5.32 Å². The van der Waals surface area contributed by atoms with Gasteiger partial charge in [0.2, 0.25) is 0 Å². The second-order valence-electron chi connectivity index (χ2n) is 5.20. The summed E-state index contributed by atoms with van der Waals surface area (Å²) in [6, 6.07) is 2.52. The van der Waals surface area contributed by atoms with E-state index in [1.807, 2.05) is 0 Å². The SMILES string of the molecule is O=C(Nc1ccc([N+](=O)[O-])cc1)C(F)(F)C1(F)OC(F)(F)C(F)(F)C1(F)F. The highest BCUT2D eigenvalue weighted by Crippen LogP contribution is 2.64. The Labute approximate surface area is 142 Å². The lowest BCUT2D eigenvalue weighted by Gasteiger charge is -2.31. The van der Waals surface area contributed by atoms with Gasteiger partial charge in [0.15, 0.2) is 0 Å². The van der Waals surface area contributed by atoms with Gasteiger partial charge in [-0.05, 0) is 12.1 Å². The molecule has 150 valence electrons. The number of carbonyl (C=O) groups excluding carboxylic acids is 1. The van der Waals surface area contributed by atoms with E-state index in [1.165, 1.54) is 0 Å². The summed E-state index contributed by atoms with van der Waals surface area (Å²) in [4.78, 5) is 20.9. The Balaban J connectivity index is 2.36. The maximum absolute atomic E-state index is 14.0. The molecule has 0 saturated carbocycles. The quantitative estimate of drug-likeness (QED) is 0.464. The van der Waals surface area contributed by atoms with Crippen LogP contribution in [0.2, 0.25) is 0 Å². The second-order valence-corrected chi connectivity index (χ2v) is 5.20. The highest BCUT2D eigenvalue weighted by Gasteiger charge is 2.96. The van der Waals surface area contributed by atoms with Gasteiger partial charge in [-0.3, -0.25) is 19.6 Å². The molecule has 1 saturated heterocycles. The van der Waals surface area contributed by atoms with E-state index in [0.717, 1.165) is 5.32 Å². The molecule has 2 rings (SSSR count). The van der Waals surface area contributed by atoms with Crippen LogP contribution in [0.5, 0.6) is 0 Å². The average molecular weight is 412 g/mol. The molecule has 1 fully saturated rings. The maximum atomic E-state index is 14.0. The van der Waals surface area contributed by atoms with Crippen molar-refractivity contribution in [1.29, 1.82) is 0 Å². The maximum Gasteiger partial charge on any atom is 0.428 e. The number of alkyl halides is 9. The second kappa shape index (κ2) is 5.71. The molecule has 1 aromatic carbocycles. The minimum absolute atomic E-state index is 0.591. The van der Waals surface area contributed by atoms with Crippen molar-refractivity contribution in [1.82, 2.24) is 0 Å². The largest absolute Gasteiger partial charge is 0.428 e. The van der Waals surface area contributed by atoms with E-state index in [1.54, 1.807) is 0 Å². The molecule has 1 aromatic rings. The molecule has 15 heteroatoms. The van der Waals surface area contributed by atoms with Gasteiger partial charge in [0, 0.05) is 17.8 Å². The van der Waals surface area contributed by atoms with Crippen LogP contribution in [0.4, 0.5) is 50.9 Å². The Morgan fingerprint density at radius 2 is 1.48 bits per heavy atom. The standard InChI is InChI=1S/C12H5F9N2O4/c13-8(14,7(24)22-5-1-3-6(4-2-5)23(25)26)11(19)9(15,16)10(17,18)12(20,21)27-11/h1-4H,(H,22,24). The number of nitro groups is 1. The Bertz CT molecular complexity index is 784. The number of anilines is 1. The molecule has 0 radical (unpaired) electrons. The number of rotatable bonds is 4. The van der Waals surface area contributed by atoms with E-state index in [-0.39, 0.29) is 0 Å². The summed E-state index contributed by atoms with van der Waals surface area (Å²) in [5.74, 6) is -29.1. The smallest absolute Gasteiger partial charge is 0.321 e. The molecule has 6 nitrogen and oxygen atoms in total. The van der Waals surface area contributed by atoms with Crippen LogP contribution in [-0.4, -0.2) is 40.6 Å². The lowest BCUT2D eigenvalue weighted by atomic mass is 9.99. The lowest BCUT2D eigenvalue weighted by Crippen LogP contribution is -2.63. The van der Waals surface area contributed by atoms with Crippen molar-refractivity contribution in [2.75, 3.05) is 5.32 Å². The Morgan fingerprint density at radius 1 is 1.00 bits per heavy atom. The fourth-order valence-electron chi connectivity index (χ4n) is 1.97. The normalized spacial score (nSPS) is 25.8. The third-order valence-corrected chi connectivity index (χ3v) is 3.46. The first kappa shape index (κ1) is 20.7. The number of nitrogens with zero attached hydrogens (tertiary/aromatic N) is 1. The number of amides is 1. The molecule has 1 atom stereocenters. The lowest BCUT2D eigenvalue weighted by molar-refractivity contribution is -0.384. The molecule has 27 heavy (non-hydrogen) atoms. The number of hydrogen-bond donors (Lipinski definition) is 1. The van der Waals surface area contributed by atoms with Gasteiger partial charge in [-0.2, -0.15) is 39.5 Å². The first-order valence-corrected chi connectivity index (χ1v) is 6.47. The Morgan fingerprint density at radius 3 is 1.85 bits per heavy atom.